The predicted octanol–water partition coefficient (Wildman–Crippen LogP) is 3.46. The molecule has 2 rings (SSSR count). The fraction of sp³-hybridized carbons (Fsp3) is 0.176. The SMILES string of the molecule is CCOc1ccc(-c2c(C(=O)O)ccc(C)c2C(=O)O)cc1. The van der Waals surface area contributed by atoms with Crippen LogP contribution in [0.3, 0.4) is 0 Å². The molecule has 0 fully saturated rings. The maximum absolute atomic E-state index is 11.5. The largest absolute Gasteiger partial charge is 0.494 e. The van der Waals surface area contributed by atoms with E-state index in [1.165, 1.54) is 12.1 Å². The number of ether oxygens (including phenoxy) is 1. The third-order valence-corrected chi connectivity index (χ3v) is 3.31. The Bertz CT molecular complexity index is 717. The van der Waals surface area contributed by atoms with Crippen LogP contribution in [0.5, 0.6) is 5.75 Å². The molecule has 0 unspecified atom stereocenters. The fourth-order valence-electron chi connectivity index (χ4n) is 2.34. The average molecular weight is 300 g/mol. The zero-order valence-electron chi connectivity index (χ0n) is 12.3. The van der Waals surface area contributed by atoms with Gasteiger partial charge in [-0.15, -0.1) is 0 Å². The zero-order chi connectivity index (χ0) is 16.3. The van der Waals surface area contributed by atoms with Crippen LogP contribution < -0.4 is 4.74 Å². The van der Waals surface area contributed by atoms with Crippen molar-refractivity contribution in [2.24, 2.45) is 0 Å². The van der Waals surface area contributed by atoms with E-state index in [4.69, 9.17) is 4.74 Å². The van der Waals surface area contributed by atoms with E-state index in [2.05, 4.69) is 0 Å². The lowest BCUT2D eigenvalue weighted by molar-refractivity contribution is 0.0695. The van der Waals surface area contributed by atoms with Gasteiger partial charge in [0, 0.05) is 5.56 Å². The summed E-state index contributed by atoms with van der Waals surface area (Å²) >= 11 is 0. The number of aryl methyl sites for hydroxylation is 1. The third kappa shape index (κ3) is 2.93. The number of carboxylic acid groups (broad SMARTS) is 2. The second kappa shape index (κ2) is 6.30. The first-order valence-electron chi connectivity index (χ1n) is 6.79. The molecule has 0 amide bonds. The number of carboxylic acids is 2. The minimum atomic E-state index is -1.16. The van der Waals surface area contributed by atoms with Crippen LogP contribution in [0.4, 0.5) is 0 Å². The first-order chi connectivity index (χ1) is 10.5. The highest BCUT2D eigenvalue weighted by Crippen LogP contribution is 2.31. The van der Waals surface area contributed by atoms with Gasteiger partial charge in [0.1, 0.15) is 5.75 Å². The summed E-state index contributed by atoms with van der Waals surface area (Å²) in [4.78, 5) is 23.0. The minimum absolute atomic E-state index is 0.00376. The van der Waals surface area contributed by atoms with Crippen LogP contribution in [0.25, 0.3) is 11.1 Å². The van der Waals surface area contributed by atoms with Gasteiger partial charge in [-0.25, -0.2) is 9.59 Å². The number of rotatable bonds is 5. The summed E-state index contributed by atoms with van der Waals surface area (Å²) in [7, 11) is 0. The molecule has 0 atom stereocenters. The quantitative estimate of drug-likeness (QED) is 0.883. The highest BCUT2D eigenvalue weighted by Gasteiger charge is 2.21. The molecule has 0 heterocycles. The van der Waals surface area contributed by atoms with Crippen molar-refractivity contribution in [2.75, 3.05) is 6.61 Å². The number of hydrogen-bond donors (Lipinski definition) is 2. The van der Waals surface area contributed by atoms with E-state index < -0.39 is 11.9 Å². The maximum Gasteiger partial charge on any atom is 0.336 e. The highest BCUT2D eigenvalue weighted by atomic mass is 16.5. The van der Waals surface area contributed by atoms with Gasteiger partial charge in [0.15, 0.2) is 0 Å². The van der Waals surface area contributed by atoms with Gasteiger partial charge in [0.25, 0.3) is 0 Å². The Morgan fingerprint density at radius 3 is 2.14 bits per heavy atom. The number of hydrogen-bond acceptors (Lipinski definition) is 3. The van der Waals surface area contributed by atoms with Crippen LogP contribution in [-0.2, 0) is 0 Å². The van der Waals surface area contributed by atoms with E-state index in [1.54, 1.807) is 31.2 Å². The second-order valence-electron chi connectivity index (χ2n) is 4.75. The molecule has 0 radical (unpaired) electrons. The van der Waals surface area contributed by atoms with Crippen molar-refractivity contribution in [3.05, 3.63) is 53.1 Å². The lowest BCUT2D eigenvalue weighted by atomic mass is 9.91. The molecule has 0 saturated carbocycles. The van der Waals surface area contributed by atoms with Gasteiger partial charge in [0.2, 0.25) is 0 Å². The van der Waals surface area contributed by atoms with Crippen molar-refractivity contribution in [2.45, 2.75) is 13.8 Å². The molecule has 0 aliphatic rings. The summed E-state index contributed by atoms with van der Waals surface area (Å²) in [5, 5.41) is 18.8. The van der Waals surface area contributed by atoms with Gasteiger partial charge < -0.3 is 14.9 Å². The lowest BCUT2D eigenvalue weighted by Crippen LogP contribution is -2.09. The van der Waals surface area contributed by atoms with Crippen LogP contribution in [-0.4, -0.2) is 28.8 Å². The Morgan fingerprint density at radius 2 is 1.64 bits per heavy atom. The van der Waals surface area contributed by atoms with E-state index in [1.807, 2.05) is 6.92 Å². The topological polar surface area (TPSA) is 83.8 Å². The monoisotopic (exact) mass is 300 g/mol. The average Bonchev–Trinajstić information content (AvgIpc) is 2.47. The van der Waals surface area contributed by atoms with Crippen molar-refractivity contribution in [1.29, 1.82) is 0 Å². The van der Waals surface area contributed by atoms with Gasteiger partial charge >= 0.3 is 11.9 Å². The van der Waals surface area contributed by atoms with Crippen molar-refractivity contribution in [3.63, 3.8) is 0 Å². The summed E-state index contributed by atoms with van der Waals surface area (Å²) in [6.07, 6.45) is 0. The molecule has 22 heavy (non-hydrogen) atoms. The van der Waals surface area contributed by atoms with E-state index >= 15 is 0 Å². The number of benzene rings is 2. The van der Waals surface area contributed by atoms with Gasteiger partial charge in [-0.2, -0.15) is 0 Å². The van der Waals surface area contributed by atoms with Crippen LogP contribution in [0.1, 0.15) is 33.2 Å². The molecule has 0 saturated heterocycles. The van der Waals surface area contributed by atoms with Gasteiger partial charge in [-0.1, -0.05) is 18.2 Å². The molecule has 0 aliphatic carbocycles. The first-order valence-corrected chi connectivity index (χ1v) is 6.79. The number of carbonyl (C=O) groups is 2. The van der Waals surface area contributed by atoms with E-state index in [9.17, 15) is 19.8 Å². The third-order valence-electron chi connectivity index (χ3n) is 3.31. The van der Waals surface area contributed by atoms with Crippen molar-refractivity contribution in [3.8, 4) is 16.9 Å². The maximum atomic E-state index is 11.5. The molecule has 5 nitrogen and oxygen atoms in total. The Kier molecular flexibility index (Phi) is 4.46. The Morgan fingerprint density at radius 1 is 1.00 bits per heavy atom. The Balaban J connectivity index is 2.68. The van der Waals surface area contributed by atoms with Gasteiger partial charge in [-0.05, 0) is 43.2 Å². The summed E-state index contributed by atoms with van der Waals surface area (Å²) < 4.78 is 5.34. The molecule has 2 aromatic carbocycles. The summed E-state index contributed by atoms with van der Waals surface area (Å²) in [5.41, 5.74) is 1.22. The Hall–Kier alpha value is -2.82. The summed E-state index contributed by atoms with van der Waals surface area (Å²) in [6.45, 7) is 4.03. The van der Waals surface area contributed by atoms with E-state index in [-0.39, 0.29) is 16.7 Å². The minimum Gasteiger partial charge on any atom is -0.494 e. The molecular weight excluding hydrogens is 284 g/mol. The Labute approximate surface area is 127 Å². The summed E-state index contributed by atoms with van der Waals surface area (Å²) in [6, 6.07) is 9.65. The van der Waals surface area contributed by atoms with E-state index in [0.29, 0.717) is 23.5 Å². The van der Waals surface area contributed by atoms with Crippen LogP contribution >= 0.6 is 0 Å². The van der Waals surface area contributed by atoms with Crippen LogP contribution in [0.2, 0.25) is 0 Å². The molecule has 2 aromatic rings. The van der Waals surface area contributed by atoms with Gasteiger partial charge in [0.05, 0.1) is 17.7 Å². The molecule has 2 N–H and O–H groups in total. The smallest absolute Gasteiger partial charge is 0.336 e. The molecular formula is C17H16O5. The zero-order valence-corrected chi connectivity index (χ0v) is 12.3. The molecule has 0 bridgehead atoms. The molecule has 0 aliphatic heterocycles. The molecule has 5 heteroatoms. The molecule has 0 spiro atoms. The summed E-state index contributed by atoms with van der Waals surface area (Å²) in [5.74, 6) is -1.66. The molecule has 114 valence electrons. The number of aromatic carboxylic acids is 2. The second-order valence-corrected chi connectivity index (χ2v) is 4.75. The van der Waals surface area contributed by atoms with Crippen molar-refractivity contribution < 1.29 is 24.5 Å². The molecule has 0 aromatic heterocycles. The highest BCUT2D eigenvalue weighted by molar-refractivity contribution is 6.05. The lowest BCUT2D eigenvalue weighted by Gasteiger charge is -2.13. The normalized spacial score (nSPS) is 10.3. The van der Waals surface area contributed by atoms with Crippen LogP contribution in [0.15, 0.2) is 36.4 Å². The predicted molar refractivity (Wildman–Crippen MR) is 81.7 cm³/mol. The standard InChI is InChI=1S/C17H16O5/c1-3-22-12-7-5-11(6-8-12)15-13(16(18)19)9-4-10(2)14(15)17(20)21/h4-9H,3H2,1-2H3,(H,18,19)(H,20,21). The first kappa shape index (κ1) is 15.6. The van der Waals surface area contributed by atoms with E-state index in [0.717, 1.165) is 0 Å². The van der Waals surface area contributed by atoms with Crippen LogP contribution in [0, 0.1) is 6.92 Å². The fourth-order valence-corrected chi connectivity index (χ4v) is 2.34. The van der Waals surface area contributed by atoms with Gasteiger partial charge in [-0.3, -0.25) is 0 Å². The van der Waals surface area contributed by atoms with Crippen molar-refractivity contribution in [1.82, 2.24) is 0 Å². The van der Waals surface area contributed by atoms with Crippen molar-refractivity contribution >= 4 is 11.9 Å².